The number of amides is 2. The van der Waals surface area contributed by atoms with Crippen molar-refractivity contribution in [3.8, 4) is 0 Å². The Morgan fingerprint density at radius 2 is 1.64 bits per heavy atom. The van der Waals surface area contributed by atoms with Crippen molar-refractivity contribution in [2.75, 3.05) is 7.05 Å². The van der Waals surface area contributed by atoms with E-state index in [4.69, 9.17) is 0 Å². The van der Waals surface area contributed by atoms with E-state index in [0.29, 0.717) is 16.3 Å². The Hall–Kier alpha value is -3.93. The second-order valence-electron chi connectivity index (χ2n) is 6.61. The van der Waals surface area contributed by atoms with Gasteiger partial charge in [-0.15, -0.1) is 0 Å². The molecule has 0 saturated heterocycles. The zero-order valence-corrected chi connectivity index (χ0v) is 14.8. The maximum atomic E-state index is 13.4. The van der Waals surface area contributed by atoms with Crippen molar-refractivity contribution in [1.29, 1.82) is 0 Å². The molecule has 0 spiro atoms. The molecule has 0 saturated carbocycles. The van der Waals surface area contributed by atoms with Gasteiger partial charge in [-0.05, 0) is 22.2 Å². The lowest BCUT2D eigenvalue weighted by Gasteiger charge is -2.26. The first-order valence-corrected chi connectivity index (χ1v) is 8.70. The van der Waals surface area contributed by atoms with Gasteiger partial charge in [0.15, 0.2) is 0 Å². The first-order valence-electron chi connectivity index (χ1n) is 8.70. The molecule has 0 radical (unpaired) electrons. The number of nitrogens with zero attached hydrogens (tertiary/aromatic N) is 3. The van der Waals surface area contributed by atoms with Gasteiger partial charge in [-0.2, -0.15) is 0 Å². The highest BCUT2D eigenvalue weighted by atomic mass is 16.2. The number of carbonyl (C=O) groups excluding carboxylic acids is 3. The van der Waals surface area contributed by atoms with E-state index in [1.165, 1.54) is 25.6 Å². The SMILES string of the molecule is CN1C(=O)c2cccc3c2c(c(C(=O)c2cnccn2)c2ccccc23)C1=O. The number of hydrogen-bond acceptors (Lipinski definition) is 5. The number of rotatable bonds is 2. The molecule has 134 valence electrons. The zero-order chi connectivity index (χ0) is 19.4. The zero-order valence-electron chi connectivity index (χ0n) is 14.8. The second-order valence-corrected chi connectivity index (χ2v) is 6.61. The van der Waals surface area contributed by atoms with Crippen molar-refractivity contribution in [3.05, 3.63) is 83.4 Å². The molecule has 2 amide bonds. The van der Waals surface area contributed by atoms with Crippen LogP contribution in [0.5, 0.6) is 0 Å². The van der Waals surface area contributed by atoms with Crippen LogP contribution in [-0.4, -0.2) is 39.5 Å². The molecule has 4 aromatic rings. The minimum atomic E-state index is -0.494. The predicted octanol–water partition coefficient (Wildman–Crippen LogP) is 3.24. The summed E-state index contributed by atoms with van der Waals surface area (Å²) in [7, 11) is 1.43. The Morgan fingerprint density at radius 1 is 0.893 bits per heavy atom. The van der Waals surface area contributed by atoms with Crippen LogP contribution in [0.15, 0.2) is 61.1 Å². The van der Waals surface area contributed by atoms with Gasteiger partial charge < -0.3 is 0 Å². The number of hydrogen-bond donors (Lipinski definition) is 0. The molecule has 0 bridgehead atoms. The Kier molecular flexibility index (Phi) is 3.36. The first kappa shape index (κ1) is 16.3. The molecule has 0 atom stereocenters. The molecular formula is C22H13N3O3. The van der Waals surface area contributed by atoms with Gasteiger partial charge in [-0.3, -0.25) is 24.3 Å². The molecule has 1 aromatic heterocycles. The van der Waals surface area contributed by atoms with E-state index in [0.717, 1.165) is 15.7 Å². The normalized spacial score (nSPS) is 13.4. The van der Waals surface area contributed by atoms with Crippen molar-refractivity contribution < 1.29 is 14.4 Å². The minimum Gasteiger partial charge on any atom is -0.287 e. The summed E-state index contributed by atoms with van der Waals surface area (Å²) in [6, 6.07) is 12.7. The lowest BCUT2D eigenvalue weighted by molar-refractivity contribution is 0.0648. The van der Waals surface area contributed by atoms with Gasteiger partial charge in [0.05, 0.1) is 11.8 Å². The van der Waals surface area contributed by atoms with E-state index in [1.54, 1.807) is 12.1 Å². The summed E-state index contributed by atoms with van der Waals surface area (Å²) in [5.74, 6) is -1.27. The number of ketones is 1. The van der Waals surface area contributed by atoms with Crippen LogP contribution in [0.1, 0.15) is 36.8 Å². The fourth-order valence-corrected chi connectivity index (χ4v) is 3.85. The maximum Gasteiger partial charge on any atom is 0.261 e. The summed E-state index contributed by atoms with van der Waals surface area (Å²) < 4.78 is 0. The smallest absolute Gasteiger partial charge is 0.261 e. The molecule has 6 heteroatoms. The highest BCUT2D eigenvalue weighted by Crippen LogP contribution is 2.39. The highest BCUT2D eigenvalue weighted by Gasteiger charge is 2.35. The Morgan fingerprint density at radius 3 is 2.39 bits per heavy atom. The standard InChI is InChI=1S/C22H13N3O3/c1-25-21(27)15-8-4-7-13-12-5-2-3-6-14(12)18(19(17(13)15)22(25)28)20(26)16-11-23-9-10-24-16/h2-11H,1H3. The molecule has 5 rings (SSSR count). The molecule has 0 N–H and O–H groups in total. The number of fused-ring (bicyclic) bond motifs is 2. The van der Waals surface area contributed by atoms with Gasteiger partial charge in [-0.25, -0.2) is 4.98 Å². The molecule has 28 heavy (non-hydrogen) atoms. The summed E-state index contributed by atoms with van der Waals surface area (Å²) in [6.45, 7) is 0. The average molecular weight is 367 g/mol. The molecule has 0 aliphatic carbocycles. The van der Waals surface area contributed by atoms with Gasteiger partial charge in [0.2, 0.25) is 5.78 Å². The minimum absolute atomic E-state index is 0.146. The average Bonchev–Trinajstić information content (AvgIpc) is 2.75. The molecule has 2 heterocycles. The first-order chi connectivity index (χ1) is 13.6. The van der Waals surface area contributed by atoms with Crippen LogP contribution in [0.25, 0.3) is 21.5 Å². The largest absolute Gasteiger partial charge is 0.287 e. The molecular weight excluding hydrogens is 354 g/mol. The van der Waals surface area contributed by atoms with E-state index in [-0.39, 0.29) is 22.7 Å². The summed E-state index contributed by atoms with van der Waals surface area (Å²) in [4.78, 5) is 48.4. The lowest BCUT2D eigenvalue weighted by atomic mass is 9.84. The fraction of sp³-hybridized carbons (Fsp3) is 0.0455. The fourth-order valence-electron chi connectivity index (χ4n) is 3.85. The third kappa shape index (κ3) is 2.05. The maximum absolute atomic E-state index is 13.4. The van der Waals surface area contributed by atoms with Crippen LogP contribution in [-0.2, 0) is 0 Å². The summed E-state index contributed by atoms with van der Waals surface area (Å²) in [6.07, 6.45) is 4.29. The van der Waals surface area contributed by atoms with Crippen molar-refractivity contribution in [2.24, 2.45) is 0 Å². The number of carbonyl (C=O) groups is 3. The second kappa shape index (κ2) is 5.79. The summed E-state index contributed by atoms with van der Waals surface area (Å²) in [5.41, 5.74) is 1.05. The van der Waals surface area contributed by atoms with Crippen LogP contribution in [0.2, 0.25) is 0 Å². The molecule has 3 aromatic carbocycles. The van der Waals surface area contributed by atoms with E-state index >= 15 is 0 Å². The summed E-state index contributed by atoms with van der Waals surface area (Å²) in [5, 5.41) is 2.74. The van der Waals surface area contributed by atoms with Crippen LogP contribution in [0.3, 0.4) is 0 Å². The topological polar surface area (TPSA) is 80.2 Å². The lowest BCUT2D eigenvalue weighted by Crippen LogP contribution is -2.38. The Balaban J connectivity index is 2.02. The van der Waals surface area contributed by atoms with Gasteiger partial charge in [0.25, 0.3) is 11.8 Å². The van der Waals surface area contributed by atoms with Crippen LogP contribution >= 0.6 is 0 Å². The third-order valence-corrected chi connectivity index (χ3v) is 5.13. The molecule has 1 aliphatic heterocycles. The molecule has 6 nitrogen and oxygen atoms in total. The number of aromatic nitrogens is 2. The summed E-state index contributed by atoms with van der Waals surface area (Å²) >= 11 is 0. The van der Waals surface area contributed by atoms with Gasteiger partial charge in [-0.1, -0.05) is 36.4 Å². The number of benzene rings is 3. The quantitative estimate of drug-likeness (QED) is 0.309. The van der Waals surface area contributed by atoms with Crippen LogP contribution in [0.4, 0.5) is 0 Å². The predicted molar refractivity (Wildman–Crippen MR) is 103 cm³/mol. The third-order valence-electron chi connectivity index (χ3n) is 5.13. The van der Waals surface area contributed by atoms with E-state index in [9.17, 15) is 14.4 Å². The number of imide groups is 1. The van der Waals surface area contributed by atoms with Crippen molar-refractivity contribution >= 4 is 39.1 Å². The monoisotopic (exact) mass is 367 g/mol. The van der Waals surface area contributed by atoms with E-state index in [1.807, 2.05) is 30.3 Å². The van der Waals surface area contributed by atoms with E-state index < -0.39 is 11.7 Å². The van der Waals surface area contributed by atoms with Crippen LogP contribution in [0, 0.1) is 0 Å². The molecule has 1 aliphatic rings. The van der Waals surface area contributed by atoms with Gasteiger partial charge in [0, 0.05) is 36.0 Å². The highest BCUT2D eigenvalue weighted by molar-refractivity contribution is 6.35. The molecule has 0 unspecified atom stereocenters. The van der Waals surface area contributed by atoms with Crippen molar-refractivity contribution in [2.45, 2.75) is 0 Å². The Labute approximate surface area is 159 Å². The van der Waals surface area contributed by atoms with Crippen molar-refractivity contribution in [1.82, 2.24) is 14.9 Å². The van der Waals surface area contributed by atoms with E-state index in [2.05, 4.69) is 9.97 Å². The Bertz CT molecular complexity index is 1330. The van der Waals surface area contributed by atoms with Gasteiger partial charge >= 0.3 is 0 Å². The van der Waals surface area contributed by atoms with Crippen LogP contribution < -0.4 is 0 Å². The van der Waals surface area contributed by atoms with Gasteiger partial charge in [0.1, 0.15) is 5.69 Å². The van der Waals surface area contributed by atoms with Crippen molar-refractivity contribution in [3.63, 3.8) is 0 Å². The molecule has 0 fully saturated rings.